The molecule has 0 saturated heterocycles. The number of aldehydes is 1. The number of anilines is 1. The fraction of sp³-hybridized carbons (Fsp3) is 0.190. The molecular weight excluding hydrogens is 344 g/mol. The zero-order chi connectivity index (χ0) is 19.0. The molecule has 0 aliphatic heterocycles. The predicted octanol–water partition coefficient (Wildman–Crippen LogP) is 3.51. The number of aromatic nitrogens is 1. The van der Waals surface area contributed by atoms with Gasteiger partial charge in [-0.3, -0.25) is 9.59 Å². The summed E-state index contributed by atoms with van der Waals surface area (Å²) in [5.74, 6) is -0.505. The van der Waals surface area contributed by atoms with Crippen LogP contribution in [0.1, 0.15) is 38.6 Å². The summed E-state index contributed by atoms with van der Waals surface area (Å²) in [6, 6.07) is 13.2. The summed E-state index contributed by atoms with van der Waals surface area (Å²) in [4.78, 5) is 39.0. The van der Waals surface area contributed by atoms with Gasteiger partial charge in [0.2, 0.25) is 5.91 Å². The summed E-state index contributed by atoms with van der Waals surface area (Å²) < 4.78 is 4.83. The Morgan fingerprint density at radius 1 is 1.22 bits per heavy atom. The molecule has 6 nitrogen and oxygen atoms in total. The van der Waals surface area contributed by atoms with Gasteiger partial charge in [-0.25, -0.2) is 4.79 Å². The van der Waals surface area contributed by atoms with Crippen LogP contribution < -0.4 is 5.32 Å². The molecular formula is C21H18N2O4. The molecule has 2 atom stereocenters. The number of ether oxygens (including phenoxy) is 1. The first-order valence-electron chi connectivity index (χ1n) is 8.66. The van der Waals surface area contributed by atoms with Crippen LogP contribution in [0, 0.1) is 5.92 Å². The maximum Gasteiger partial charge on any atom is 0.338 e. The van der Waals surface area contributed by atoms with Gasteiger partial charge in [-0.05, 0) is 30.0 Å². The molecule has 27 heavy (non-hydrogen) atoms. The molecule has 4 rings (SSSR count). The second-order valence-electron chi connectivity index (χ2n) is 6.65. The Balaban J connectivity index is 1.60. The maximum absolute atomic E-state index is 12.6. The highest BCUT2D eigenvalue weighted by Gasteiger charge is 2.43. The van der Waals surface area contributed by atoms with E-state index in [4.69, 9.17) is 4.74 Å². The van der Waals surface area contributed by atoms with Crippen LogP contribution >= 0.6 is 0 Å². The number of esters is 1. The van der Waals surface area contributed by atoms with Gasteiger partial charge in [0, 0.05) is 34.3 Å². The Hall–Kier alpha value is -3.41. The van der Waals surface area contributed by atoms with Crippen molar-refractivity contribution in [3.8, 4) is 0 Å². The largest absolute Gasteiger partial charge is 0.465 e. The van der Waals surface area contributed by atoms with Crippen LogP contribution in [-0.4, -0.2) is 30.3 Å². The SMILES string of the molecule is COC(=O)c1cc(NC(=O)[C@H]2C[C@@H]2c2ccccc2)cc2[nH]cc(C=O)c12. The van der Waals surface area contributed by atoms with Crippen molar-refractivity contribution in [2.75, 3.05) is 12.4 Å². The first kappa shape index (κ1) is 17.0. The second-order valence-corrected chi connectivity index (χ2v) is 6.65. The van der Waals surface area contributed by atoms with Crippen molar-refractivity contribution in [3.63, 3.8) is 0 Å². The van der Waals surface area contributed by atoms with E-state index >= 15 is 0 Å². The minimum absolute atomic E-state index is 0.0822. The Morgan fingerprint density at radius 2 is 2.00 bits per heavy atom. The molecule has 0 unspecified atom stereocenters. The van der Waals surface area contributed by atoms with Crippen molar-refractivity contribution in [2.45, 2.75) is 12.3 Å². The number of methoxy groups -OCH3 is 1. The zero-order valence-corrected chi connectivity index (χ0v) is 14.7. The zero-order valence-electron chi connectivity index (χ0n) is 14.7. The smallest absolute Gasteiger partial charge is 0.338 e. The van der Waals surface area contributed by atoms with E-state index in [1.807, 2.05) is 30.3 Å². The van der Waals surface area contributed by atoms with E-state index in [0.717, 1.165) is 12.0 Å². The van der Waals surface area contributed by atoms with Crippen LogP contribution in [0.3, 0.4) is 0 Å². The summed E-state index contributed by atoms with van der Waals surface area (Å²) in [5, 5.41) is 3.38. The van der Waals surface area contributed by atoms with Crippen molar-refractivity contribution in [3.05, 3.63) is 65.4 Å². The molecule has 2 aromatic carbocycles. The molecule has 0 spiro atoms. The number of rotatable bonds is 5. The van der Waals surface area contributed by atoms with Crippen LogP contribution in [0.4, 0.5) is 5.69 Å². The van der Waals surface area contributed by atoms with Crippen molar-refractivity contribution < 1.29 is 19.1 Å². The quantitative estimate of drug-likeness (QED) is 0.537. The van der Waals surface area contributed by atoms with E-state index in [2.05, 4.69) is 10.3 Å². The van der Waals surface area contributed by atoms with Crippen molar-refractivity contribution in [1.82, 2.24) is 4.98 Å². The average Bonchev–Trinajstić information content (AvgIpc) is 3.40. The van der Waals surface area contributed by atoms with Crippen LogP contribution in [0.2, 0.25) is 0 Å². The van der Waals surface area contributed by atoms with Gasteiger partial charge in [-0.1, -0.05) is 30.3 Å². The highest BCUT2D eigenvalue weighted by Crippen LogP contribution is 2.48. The van der Waals surface area contributed by atoms with E-state index in [9.17, 15) is 14.4 Å². The summed E-state index contributed by atoms with van der Waals surface area (Å²) >= 11 is 0. The number of nitrogens with one attached hydrogen (secondary N) is 2. The van der Waals surface area contributed by atoms with Crippen LogP contribution in [0.25, 0.3) is 10.9 Å². The first-order valence-corrected chi connectivity index (χ1v) is 8.66. The third-order valence-electron chi connectivity index (χ3n) is 4.96. The van der Waals surface area contributed by atoms with Crippen molar-refractivity contribution in [2.24, 2.45) is 5.92 Å². The molecule has 1 fully saturated rings. The standard InChI is InChI=1S/C21H18N2O4/c1-27-21(26)17-7-14(8-18-19(17)13(11-24)10-22-18)23-20(25)16-9-15(16)12-5-3-2-4-6-12/h2-8,10-11,15-16,22H,9H2,1H3,(H,23,25)/t15-,16+/m1/s1. The number of amides is 1. The normalized spacial score (nSPS) is 18.1. The topological polar surface area (TPSA) is 88.3 Å². The lowest BCUT2D eigenvalue weighted by atomic mass is 10.1. The Bertz CT molecular complexity index is 1040. The Kier molecular flexibility index (Phi) is 4.24. The number of hydrogen-bond acceptors (Lipinski definition) is 4. The van der Waals surface area contributed by atoms with Gasteiger partial charge in [0.25, 0.3) is 0 Å². The Morgan fingerprint density at radius 3 is 2.70 bits per heavy atom. The van der Waals surface area contributed by atoms with Crippen molar-refractivity contribution >= 4 is 34.8 Å². The molecule has 1 saturated carbocycles. The summed E-state index contributed by atoms with van der Waals surface area (Å²) in [6.07, 6.45) is 3.01. The number of aromatic amines is 1. The van der Waals surface area contributed by atoms with E-state index in [-0.39, 0.29) is 23.3 Å². The molecule has 136 valence electrons. The molecule has 3 aromatic rings. The molecule has 1 aliphatic rings. The minimum atomic E-state index is -0.563. The van der Waals surface area contributed by atoms with Gasteiger partial charge < -0.3 is 15.0 Å². The number of fused-ring (bicyclic) bond motifs is 1. The highest BCUT2D eigenvalue weighted by molar-refractivity contribution is 6.12. The second kappa shape index (κ2) is 6.72. The van der Waals surface area contributed by atoms with E-state index in [1.54, 1.807) is 12.1 Å². The van der Waals surface area contributed by atoms with Gasteiger partial charge in [-0.15, -0.1) is 0 Å². The van der Waals surface area contributed by atoms with Gasteiger partial charge in [0.15, 0.2) is 6.29 Å². The minimum Gasteiger partial charge on any atom is -0.465 e. The molecule has 6 heteroatoms. The fourth-order valence-electron chi connectivity index (χ4n) is 3.52. The summed E-state index contributed by atoms with van der Waals surface area (Å²) in [7, 11) is 1.28. The molecule has 0 radical (unpaired) electrons. The highest BCUT2D eigenvalue weighted by atomic mass is 16.5. The molecule has 0 bridgehead atoms. The van der Waals surface area contributed by atoms with E-state index in [0.29, 0.717) is 28.4 Å². The first-order chi connectivity index (χ1) is 13.1. The maximum atomic E-state index is 12.6. The molecule has 1 amide bonds. The van der Waals surface area contributed by atoms with Gasteiger partial charge >= 0.3 is 5.97 Å². The number of benzene rings is 2. The fourth-order valence-corrected chi connectivity index (χ4v) is 3.52. The lowest BCUT2D eigenvalue weighted by Gasteiger charge is -2.09. The van der Waals surface area contributed by atoms with Gasteiger partial charge in [0.05, 0.1) is 12.7 Å². The molecule has 1 aliphatic carbocycles. The lowest BCUT2D eigenvalue weighted by molar-refractivity contribution is -0.117. The summed E-state index contributed by atoms with van der Waals surface area (Å²) in [6.45, 7) is 0. The monoisotopic (exact) mass is 362 g/mol. The van der Waals surface area contributed by atoms with Crippen molar-refractivity contribution in [1.29, 1.82) is 0 Å². The molecule has 1 aromatic heterocycles. The van der Waals surface area contributed by atoms with E-state index < -0.39 is 5.97 Å². The average molecular weight is 362 g/mol. The lowest BCUT2D eigenvalue weighted by Crippen LogP contribution is -2.15. The number of hydrogen-bond donors (Lipinski definition) is 2. The molecule has 2 N–H and O–H groups in total. The number of carbonyl (C=O) groups excluding carboxylic acids is 3. The van der Waals surface area contributed by atoms with Crippen LogP contribution in [0.15, 0.2) is 48.7 Å². The van der Waals surface area contributed by atoms with Gasteiger partial charge in [-0.2, -0.15) is 0 Å². The number of carbonyl (C=O) groups is 3. The van der Waals surface area contributed by atoms with Crippen LogP contribution in [0.5, 0.6) is 0 Å². The van der Waals surface area contributed by atoms with Crippen LogP contribution in [-0.2, 0) is 9.53 Å². The van der Waals surface area contributed by atoms with E-state index in [1.165, 1.54) is 13.3 Å². The van der Waals surface area contributed by atoms with Gasteiger partial charge in [0.1, 0.15) is 0 Å². The molecule has 1 heterocycles. The Labute approximate surface area is 155 Å². The third kappa shape index (κ3) is 3.10. The predicted molar refractivity (Wildman–Crippen MR) is 101 cm³/mol. The summed E-state index contributed by atoms with van der Waals surface area (Å²) in [5.41, 5.74) is 2.85. The number of H-pyrrole nitrogens is 1. The third-order valence-corrected chi connectivity index (χ3v) is 4.96.